The molecule has 0 radical (unpaired) electrons. The summed E-state index contributed by atoms with van der Waals surface area (Å²) < 4.78 is 43.4. The molecule has 0 amide bonds. The summed E-state index contributed by atoms with van der Waals surface area (Å²) in [5.41, 5.74) is 4.06. The highest BCUT2D eigenvalue weighted by Crippen LogP contribution is 2.30. The van der Waals surface area contributed by atoms with Crippen LogP contribution in [0.2, 0.25) is 0 Å². The van der Waals surface area contributed by atoms with Crippen molar-refractivity contribution in [2.45, 2.75) is 20.0 Å². The summed E-state index contributed by atoms with van der Waals surface area (Å²) >= 11 is 0. The molecule has 0 bridgehead atoms. The van der Waals surface area contributed by atoms with Crippen LogP contribution >= 0.6 is 0 Å². The molecule has 0 saturated carbocycles. The van der Waals surface area contributed by atoms with E-state index in [-0.39, 0.29) is 11.7 Å². The molecule has 0 aliphatic heterocycles. The van der Waals surface area contributed by atoms with Gasteiger partial charge >= 0.3 is 6.18 Å². The number of hydrogen-bond donors (Lipinski definition) is 2. The van der Waals surface area contributed by atoms with E-state index in [1.165, 1.54) is 6.07 Å². The molecule has 0 aliphatic rings. The molecule has 0 aliphatic carbocycles. The molecular weight excluding hydrogens is 285 g/mol. The topological polar surface area (TPSA) is 73.1 Å². The summed E-state index contributed by atoms with van der Waals surface area (Å²) in [5.74, 6) is 3.74. The van der Waals surface area contributed by atoms with Crippen LogP contribution in [-0.4, -0.2) is 9.97 Å². The Hall–Kier alpha value is -2.35. The quantitative estimate of drug-likeness (QED) is 0.672. The number of aryl methyl sites for hydroxylation is 2. The zero-order valence-electron chi connectivity index (χ0n) is 11.3. The predicted octanol–water partition coefficient (Wildman–Crippen LogP) is 3.19. The second kappa shape index (κ2) is 5.57. The Morgan fingerprint density at radius 2 is 1.81 bits per heavy atom. The molecule has 0 fully saturated rings. The third-order valence-corrected chi connectivity index (χ3v) is 2.80. The average molecular weight is 298 g/mol. The Labute approximate surface area is 118 Å². The van der Waals surface area contributed by atoms with Crippen LogP contribution in [-0.2, 0) is 6.18 Å². The van der Waals surface area contributed by atoms with E-state index in [2.05, 4.69) is 15.4 Å². The van der Waals surface area contributed by atoms with Crippen molar-refractivity contribution in [3.63, 3.8) is 0 Å². The second-order valence-corrected chi connectivity index (χ2v) is 4.41. The van der Waals surface area contributed by atoms with Gasteiger partial charge in [-0.2, -0.15) is 18.2 Å². The van der Waals surface area contributed by atoms with E-state index in [1.807, 2.05) is 13.8 Å². The Balaban J connectivity index is 2.36. The Bertz CT molecular complexity index is 658. The van der Waals surface area contributed by atoms with Gasteiger partial charge in [-0.25, -0.2) is 10.8 Å². The lowest BCUT2D eigenvalue weighted by molar-refractivity contribution is -0.145. The number of aromatic nitrogens is 2. The number of rotatable bonds is 3. The number of ether oxygens (including phenoxy) is 1. The number of alkyl halides is 3. The van der Waals surface area contributed by atoms with Crippen molar-refractivity contribution in [1.82, 2.24) is 9.97 Å². The summed E-state index contributed by atoms with van der Waals surface area (Å²) in [6, 6.07) is 6.34. The Morgan fingerprint density at radius 3 is 2.38 bits per heavy atom. The highest BCUT2D eigenvalue weighted by atomic mass is 19.4. The molecule has 1 aromatic carbocycles. The smallest absolute Gasteiger partial charge is 0.439 e. The maximum absolute atomic E-state index is 12.7. The molecule has 2 rings (SSSR count). The van der Waals surface area contributed by atoms with Gasteiger partial charge in [0.1, 0.15) is 11.6 Å². The molecule has 2 aromatic rings. The zero-order chi connectivity index (χ0) is 15.6. The number of nitrogen functional groups attached to an aromatic ring is 1. The van der Waals surface area contributed by atoms with Crippen molar-refractivity contribution < 1.29 is 17.9 Å². The Morgan fingerprint density at radius 1 is 1.10 bits per heavy atom. The highest BCUT2D eigenvalue weighted by molar-refractivity contribution is 5.40. The molecule has 112 valence electrons. The lowest BCUT2D eigenvalue weighted by atomic mass is 10.1. The number of halogens is 3. The molecule has 8 heteroatoms. The van der Waals surface area contributed by atoms with E-state index in [0.29, 0.717) is 5.75 Å². The first-order valence-electron chi connectivity index (χ1n) is 5.97. The molecule has 0 saturated heterocycles. The van der Waals surface area contributed by atoms with E-state index in [0.717, 1.165) is 11.1 Å². The normalized spacial score (nSPS) is 11.3. The van der Waals surface area contributed by atoms with Crippen molar-refractivity contribution >= 4 is 5.82 Å². The van der Waals surface area contributed by atoms with Gasteiger partial charge in [0, 0.05) is 6.07 Å². The van der Waals surface area contributed by atoms with Crippen molar-refractivity contribution in [2.75, 3.05) is 5.43 Å². The second-order valence-electron chi connectivity index (χ2n) is 4.41. The number of nitrogens with one attached hydrogen (secondary N) is 1. The lowest BCUT2D eigenvalue weighted by Crippen LogP contribution is -2.16. The van der Waals surface area contributed by atoms with Gasteiger partial charge in [-0.15, -0.1) is 0 Å². The molecule has 0 atom stereocenters. The first-order chi connectivity index (χ1) is 9.79. The minimum atomic E-state index is -4.69. The number of hydrazine groups is 1. The standard InChI is InChI=1S/C13H13F3N4O/c1-7-3-4-9(5-8(7)2)21-11-6-10(20-17)18-12(19-11)13(14,15)16/h3-6H,17H2,1-2H3,(H,18,19,20). The van der Waals surface area contributed by atoms with Crippen molar-refractivity contribution in [2.24, 2.45) is 5.84 Å². The summed E-state index contributed by atoms with van der Waals surface area (Å²) in [6.07, 6.45) is -4.69. The van der Waals surface area contributed by atoms with Crippen LogP contribution in [0, 0.1) is 13.8 Å². The van der Waals surface area contributed by atoms with Crippen molar-refractivity contribution in [3.05, 3.63) is 41.2 Å². The number of nitrogens with zero attached hydrogens (tertiary/aromatic N) is 2. The summed E-state index contributed by atoms with van der Waals surface area (Å²) in [5, 5.41) is 0. The highest BCUT2D eigenvalue weighted by Gasteiger charge is 2.35. The molecular formula is C13H13F3N4O. The van der Waals surface area contributed by atoms with Crippen LogP contribution in [0.15, 0.2) is 24.3 Å². The van der Waals surface area contributed by atoms with E-state index in [9.17, 15) is 13.2 Å². The number of benzene rings is 1. The molecule has 0 unspecified atom stereocenters. The van der Waals surface area contributed by atoms with E-state index in [1.54, 1.807) is 18.2 Å². The van der Waals surface area contributed by atoms with Crippen molar-refractivity contribution in [3.8, 4) is 11.6 Å². The van der Waals surface area contributed by atoms with Gasteiger partial charge in [-0.3, -0.25) is 0 Å². The molecule has 5 nitrogen and oxygen atoms in total. The summed E-state index contributed by atoms with van der Waals surface area (Å²) in [6.45, 7) is 3.79. The predicted molar refractivity (Wildman–Crippen MR) is 70.8 cm³/mol. The van der Waals surface area contributed by atoms with Gasteiger partial charge < -0.3 is 10.2 Å². The maximum Gasteiger partial charge on any atom is 0.451 e. The first-order valence-corrected chi connectivity index (χ1v) is 5.97. The van der Waals surface area contributed by atoms with Gasteiger partial charge in [-0.05, 0) is 37.1 Å². The largest absolute Gasteiger partial charge is 0.451 e. The van der Waals surface area contributed by atoms with E-state index < -0.39 is 12.0 Å². The summed E-state index contributed by atoms with van der Waals surface area (Å²) in [7, 11) is 0. The third-order valence-electron chi connectivity index (χ3n) is 2.80. The lowest BCUT2D eigenvalue weighted by Gasteiger charge is -2.11. The maximum atomic E-state index is 12.7. The third kappa shape index (κ3) is 3.60. The SMILES string of the molecule is Cc1ccc(Oc2cc(NN)nc(C(F)(F)F)n2)cc1C. The van der Waals surface area contributed by atoms with Gasteiger partial charge in [0.25, 0.3) is 0 Å². The Kier molecular flexibility index (Phi) is 3.99. The number of anilines is 1. The monoisotopic (exact) mass is 298 g/mol. The van der Waals surface area contributed by atoms with Gasteiger partial charge in [-0.1, -0.05) is 6.07 Å². The van der Waals surface area contributed by atoms with Crippen LogP contribution < -0.4 is 16.0 Å². The minimum absolute atomic E-state index is 0.184. The number of hydrogen-bond acceptors (Lipinski definition) is 5. The molecule has 1 heterocycles. The fraction of sp³-hybridized carbons (Fsp3) is 0.231. The van der Waals surface area contributed by atoms with Gasteiger partial charge in [0.05, 0.1) is 0 Å². The van der Waals surface area contributed by atoms with E-state index in [4.69, 9.17) is 10.6 Å². The zero-order valence-corrected chi connectivity index (χ0v) is 11.3. The van der Waals surface area contributed by atoms with Crippen LogP contribution in [0.5, 0.6) is 11.6 Å². The fourth-order valence-corrected chi connectivity index (χ4v) is 1.58. The van der Waals surface area contributed by atoms with Crippen LogP contribution in [0.4, 0.5) is 19.0 Å². The van der Waals surface area contributed by atoms with E-state index >= 15 is 0 Å². The van der Waals surface area contributed by atoms with Gasteiger partial charge in [0.15, 0.2) is 0 Å². The molecule has 1 aromatic heterocycles. The van der Waals surface area contributed by atoms with Crippen LogP contribution in [0.3, 0.4) is 0 Å². The molecule has 3 N–H and O–H groups in total. The average Bonchev–Trinajstić information content (AvgIpc) is 2.41. The number of nitrogens with two attached hydrogens (primary N) is 1. The summed E-state index contributed by atoms with van der Waals surface area (Å²) in [4.78, 5) is 6.59. The van der Waals surface area contributed by atoms with Crippen LogP contribution in [0.25, 0.3) is 0 Å². The minimum Gasteiger partial charge on any atom is -0.439 e. The fourth-order valence-electron chi connectivity index (χ4n) is 1.58. The molecule has 21 heavy (non-hydrogen) atoms. The first kappa shape index (κ1) is 15.0. The van der Waals surface area contributed by atoms with Gasteiger partial charge in [0.2, 0.25) is 11.7 Å². The molecule has 0 spiro atoms. The van der Waals surface area contributed by atoms with Crippen molar-refractivity contribution in [1.29, 1.82) is 0 Å². The van der Waals surface area contributed by atoms with Crippen LogP contribution in [0.1, 0.15) is 17.0 Å².